The molecule has 1 atom stereocenters. The molecule has 0 aliphatic carbocycles. The van der Waals surface area contributed by atoms with E-state index in [-0.39, 0.29) is 11.9 Å². The van der Waals surface area contributed by atoms with Gasteiger partial charge in [0.25, 0.3) is 0 Å². The van der Waals surface area contributed by atoms with E-state index in [1.54, 1.807) is 24.7 Å². The molecule has 4 heteroatoms. The smallest absolute Gasteiger partial charge is 0.123 e. The lowest BCUT2D eigenvalue weighted by Gasteiger charge is -2.20. The molecule has 2 aromatic carbocycles. The molecule has 1 unspecified atom stereocenters. The van der Waals surface area contributed by atoms with E-state index in [0.717, 1.165) is 22.0 Å². The third kappa shape index (κ3) is 2.48. The summed E-state index contributed by atoms with van der Waals surface area (Å²) < 4.78 is 15.3. The highest BCUT2D eigenvalue weighted by molar-refractivity contribution is 5.85. The van der Waals surface area contributed by atoms with Gasteiger partial charge in [-0.15, -0.1) is 0 Å². The third-order valence-corrected chi connectivity index (χ3v) is 3.97. The molecule has 0 aliphatic rings. The molecule has 2 heterocycles. The number of hydrogen-bond acceptors (Lipinski definition) is 2. The Hall–Kier alpha value is -3.01. The van der Waals surface area contributed by atoms with Crippen molar-refractivity contribution in [3.63, 3.8) is 0 Å². The fourth-order valence-electron chi connectivity index (χ4n) is 2.90. The van der Waals surface area contributed by atoms with E-state index < -0.39 is 0 Å². The molecule has 112 valence electrons. The molecule has 2 aromatic heterocycles. The molecule has 0 bridgehead atoms. The average Bonchev–Trinajstić information content (AvgIpc) is 3.11. The molecular weight excluding hydrogens is 289 g/mol. The molecule has 0 fully saturated rings. The van der Waals surface area contributed by atoms with Crippen molar-refractivity contribution in [2.75, 3.05) is 0 Å². The Balaban J connectivity index is 1.96. The van der Waals surface area contributed by atoms with Gasteiger partial charge in [0.1, 0.15) is 11.9 Å². The monoisotopic (exact) mass is 303 g/mol. The van der Waals surface area contributed by atoms with Crippen LogP contribution in [0.1, 0.15) is 17.3 Å². The molecule has 0 spiro atoms. The van der Waals surface area contributed by atoms with Crippen LogP contribution in [0.4, 0.5) is 4.39 Å². The van der Waals surface area contributed by atoms with Crippen LogP contribution in [0.25, 0.3) is 10.8 Å². The summed E-state index contributed by atoms with van der Waals surface area (Å²) >= 11 is 0. The molecule has 4 rings (SSSR count). The van der Waals surface area contributed by atoms with Crippen molar-refractivity contribution in [2.45, 2.75) is 6.04 Å². The van der Waals surface area contributed by atoms with E-state index in [2.05, 4.69) is 22.1 Å². The largest absolute Gasteiger partial charge is 0.324 e. The Kier molecular flexibility index (Phi) is 3.35. The van der Waals surface area contributed by atoms with Crippen LogP contribution in [0.3, 0.4) is 0 Å². The first-order valence-electron chi connectivity index (χ1n) is 7.39. The summed E-state index contributed by atoms with van der Waals surface area (Å²) in [5.41, 5.74) is 1.89. The van der Waals surface area contributed by atoms with E-state index in [9.17, 15) is 4.39 Å². The van der Waals surface area contributed by atoms with Gasteiger partial charge in [-0.2, -0.15) is 0 Å². The molecule has 0 radical (unpaired) electrons. The number of halogens is 1. The average molecular weight is 303 g/mol. The second-order valence-electron chi connectivity index (χ2n) is 5.38. The highest BCUT2D eigenvalue weighted by atomic mass is 19.1. The van der Waals surface area contributed by atoms with Crippen molar-refractivity contribution < 1.29 is 4.39 Å². The Labute approximate surface area is 133 Å². The first-order valence-corrected chi connectivity index (χ1v) is 7.39. The Morgan fingerprint density at radius 2 is 1.74 bits per heavy atom. The summed E-state index contributed by atoms with van der Waals surface area (Å²) in [6.45, 7) is 0. The summed E-state index contributed by atoms with van der Waals surface area (Å²) in [6.07, 6.45) is 7.21. The number of fused-ring (bicyclic) bond motifs is 1. The highest BCUT2D eigenvalue weighted by Crippen LogP contribution is 2.30. The Morgan fingerprint density at radius 1 is 0.913 bits per heavy atom. The standard InChI is InChI=1S/C19H14FN3/c20-16-7-5-15(6-8-16)19(23-12-11-21-13-23)18-17-4-2-1-3-14(17)9-10-22-18/h1-13,19H. The molecule has 3 nitrogen and oxygen atoms in total. The van der Waals surface area contributed by atoms with Crippen molar-refractivity contribution in [2.24, 2.45) is 0 Å². The minimum atomic E-state index is -0.246. The predicted molar refractivity (Wildman–Crippen MR) is 87.6 cm³/mol. The zero-order valence-corrected chi connectivity index (χ0v) is 12.3. The van der Waals surface area contributed by atoms with Gasteiger partial charge in [0.05, 0.1) is 12.0 Å². The zero-order chi connectivity index (χ0) is 15.6. The number of rotatable bonds is 3. The first-order chi connectivity index (χ1) is 11.3. The van der Waals surface area contributed by atoms with Crippen LogP contribution in [0.2, 0.25) is 0 Å². The van der Waals surface area contributed by atoms with Gasteiger partial charge in [0, 0.05) is 24.0 Å². The maximum atomic E-state index is 13.3. The topological polar surface area (TPSA) is 30.7 Å². The van der Waals surface area contributed by atoms with Gasteiger partial charge < -0.3 is 4.57 Å². The summed E-state index contributed by atoms with van der Waals surface area (Å²) in [6, 6.07) is 16.5. The predicted octanol–water partition coefficient (Wildman–Crippen LogP) is 4.21. The van der Waals surface area contributed by atoms with Gasteiger partial charge in [0.15, 0.2) is 0 Å². The second kappa shape index (κ2) is 5.65. The first kappa shape index (κ1) is 13.6. The van der Waals surface area contributed by atoms with Crippen LogP contribution in [0.15, 0.2) is 79.5 Å². The lowest BCUT2D eigenvalue weighted by Crippen LogP contribution is -2.12. The summed E-state index contributed by atoms with van der Waals surface area (Å²) in [5.74, 6) is -0.246. The highest BCUT2D eigenvalue weighted by Gasteiger charge is 2.19. The van der Waals surface area contributed by atoms with Crippen LogP contribution in [0.5, 0.6) is 0 Å². The Bertz CT molecular complexity index is 925. The summed E-state index contributed by atoms with van der Waals surface area (Å²) in [4.78, 5) is 8.77. The fourth-order valence-corrected chi connectivity index (χ4v) is 2.90. The molecule has 0 amide bonds. The van der Waals surface area contributed by atoms with E-state index in [1.807, 2.05) is 35.2 Å². The minimum Gasteiger partial charge on any atom is -0.324 e. The number of nitrogens with zero attached hydrogens (tertiary/aromatic N) is 3. The van der Waals surface area contributed by atoms with Gasteiger partial charge in [0.2, 0.25) is 0 Å². The van der Waals surface area contributed by atoms with E-state index in [4.69, 9.17) is 0 Å². The van der Waals surface area contributed by atoms with E-state index in [0.29, 0.717) is 0 Å². The molecule has 0 saturated carbocycles. The molecule has 0 aliphatic heterocycles. The van der Waals surface area contributed by atoms with Gasteiger partial charge in [-0.3, -0.25) is 4.98 Å². The SMILES string of the molecule is Fc1ccc(C(c2nccc3ccccc23)n2ccnc2)cc1. The van der Waals surface area contributed by atoms with Crippen molar-refractivity contribution in [3.05, 3.63) is 96.6 Å². The zero-order valence-electron chi connectivity index (χ0n) is 12.3. The number of pyridine rings is 1. The fraction of sp³-hybridized carbons (Fsp3) is 0.0526. The van der Waals surface area contributed by atoms with Gasteiger partial charge in [-0.25, -0.2) is 9.37 Å². The molecule has 0 saturated heterocycles. The number of benzene rings is 2. The lowest BCUT2D eigenvalue weighted by molar-refractivity contribution is 0.621. The van der Waals surface area contributed by atoms with Crippen molar-refractivity contribution >= 4 is 10.8 Å². The maximum absolute atomic E-state index is 13.3. The van der Waals surface area contributed by atoms with Crippen LogP contribution in [0, 0.1) is 5.82 Å². The van der Waals surface area contributed by atoms with Crippen LogP contribution >= 0.6 is 0 Å². The summed E-state index contributed by atoms with van der Waals surface area (Å²) in [5, 5.41) is 2.21. The van der Waals surface area contributed by atoms with Gasteiger partial charge in [-0.05, 0) is 29.1 Å². The number of imidazole rings is 1. The van der Waals surface area contributed by atoms with Crippen molar-refractivity contribution in [1.82, 2.24) is 14.5 Å². The maximum Gasteiger partial charge on any atom is 0.123 e. The molecule has 23 heavy (non-hydrogen) atoms. The quantitative estimate of drug-likeness (QED) is 0.567. The Morgan fingerprint density at radius 3 is 2.52 bits per heavy atom. The van der Waals surface area contributed by atoms with E-state index >= 15 is 0 Å². The van der Waals surface area contributed by atoms with Crippen LogP contribution < -0.4 is 0 Å². The molecule has 4 aromatic rings. The molecular formula is C19H14FN3. The van der Waals surface area contributed by atoms with Crippen LogP contribution in [-0.2, 0) is 0 Å². The number of aromatic nitrogens is 3. The number of hydrogen-bond donors (Lipinski definition) is 0. The lowest BCUT2D eigenvalue weighted by atomic mass is 9.98. The van der Waals surface area contributed by atoms with Crippen LogP contribution in [-0.4, -0.2) is 14.5 Å². The third-order valence-electron chi connectivity index (χ3n) is 3.97. The second-order valence-corrected chi connectivity index (χ2v) is 5.38. The van der Waals surface area contributed by atoms with E-state index in [1.165, 1.54) is 12.1 Å². The molecule has 0 N–H and O–H groups in total. The van der Waals surface area contributed by atoms with Crippen molar-refractivity contribution in [3.8, 4) is 0 Å². The minimum absolute atomic E-state index is 0.149. The van der Waals surface area contributed by atoms with Crippen molar-refractivity contribution in [1.29, 1.82) is 0 Å². The normalized spacial score (nSPS) is 12.4. The van der Waals surface area contributed by atoms with Gasteiger partial charge in [-0.1, -0.05) is 36.4 Å². The summed E-state index contributed by atoms with van der Waals surface area (Å²) in [7, 11) is 0. The van der Waals surface area contributed by atoms with Gasteiger partial charge >= 0.3 is 0 Å².